The van der Waals surface area contributed by atoms with Crippen LogP contribution in [0.5, 0.6) is 0 Å². The van der Waals surface area contributed by atoms with Gasteiger partial charge in [0.2, 0.25) is 10.0 Å². The standard InChI is InChI=1S/C14H20ClN3O3S/c1-3-16-14(19)12-10-11(4-5-13(12)15)22(20,21)18-8-6-17(2)7-9-18/h4-5,10H,3,6-9H2,1-2H3,(H,16,19). The van der Waals surface area contributed by atoms with Crippen LogP contribution < -0.4 is 5.32 Å². The number of halogens is 1. The maximum Gasteiger partial charge on any atom is 0.252 e. The fourth-order valence-electron chi connectivity index (χ4n) is 2.27. The summed E-state index contributed by atoms with van der Waals surface area (Å²) in [6, 6.07) is 4.24. The lowest BCUT2D eigenvalue weighted by atomic mass is 10.2. The van der Waals surface area contributed by atoms with E-state index in [4.69, 9.17) is 11.6 Å². The van der Waals surface area contributed by atoms with Gasteiger partial charge < -0.3 is 10.2 Å². The number of benzene rings is 1. The van der Waals surface area contributed by atoms with Crippen molar-refractivity contribution >= 4 is 27.5 Å². The van der Waals surface area contributed by atoms with Gasteiger partial charge in [-0.1, -0.05) is 11.6 Å². The average molecular weight is 346 g/mol. The molecule has 1 N–H and O–H groups in total. The molecule has 2 rings (SSSR count). The maximum absolute atomic E-state index is 12.7. The molecule has 1 aliphatic heterocycles. The maximum atomic E-state index is 12.7. The molecule has 8 heteroatoms. The molecule has 1 heterocycles. The molecular weight excluding hydrogens is 326 g/mol. The van der Waals surface area contributed by atoms with Crippen LogP contribution >= 0.6 is 11.6 Å². The molecule has 0 radical (unpaired) electrons. The smallest absolute Gasteiger partial charge is 0.252 e. The van der Waals surface area contributed by atoms with E-state index in [-0.39, 0.29) is 21.4 Å². The van der Waals surface area contributed by atoms with Crippen molar-refractivity contribution in [1.29, 1.82) is 0 Å². The third-order valence-corrected chi connectivity index (χ3v) is 5.84. The summed E-state index contributed by atoms with van der Waals surface area (Å²) in [5, 5.41) is 2.87. The normalized spacial score (nSPS) is 17.4. The molecule has 0 saturated carbocycles. The van der Waals surface area contributed by atoms with Crippen molar-refractivity contribution < 1.29 is 13.2 Å². The number of amides is 1. The summed E-state index contributed by atoms with van der Waals surface area (Å²) in [5.41, 5.74) is 0.179. The molecule has 0 unspecified atom stereocenters. The number of likely N-dealkylation sites (N-methyl/N-ethyl adjacent to an activating group) is 1. The van der Waals surface area contributed by atoms with Crippen LogP contribution in [-0.2, 0) is 10.0 Å². The fraction of sp³-hybridized carbons (Fsp3) is 0.500. The van der Waals surface area contributed by atoms with Crippen LogP contribution in [0.1, 0.15) is 17.3 Å². The molecule has 122 valence electrons. The molecule has 1 aliphatic rings. The van der Waals surface area contributed by atoms with Gasteiger partial charge in [0, 0.05) is 32.7 Å². The summed E-state index contributed by atoms with van der Waals surface area (Å²) in [6.45, 7) is 4.50. The van der Waals surface area contributed by atoms with Gasteiger partial charge in [-0.25, -0.2) is 8.42 Å². The second-order valence-electron chi connectivity index (χ2n) is 5.21. The van der Waals surface area contributed by atoms with Crippen LogP contribution in [0.2, 0.25) is 5.02 Å². The highest BCUT2D eigenvalue weighted by Crippen LogP contribution is 2.23. The summed E-state index contributed by atoms with van der Waals surface area (Å²) >= 11 is 6.01. The number of rotatable bonds is 4. The molecule has 0 aromatic heterocycles. The number of nitrogens with one attached hydrogen (secondary N) is 1. The monoisotopic (exact) mass is 345 g/mol. The van der Waals surface area contributed by atoms with E-state index in [1.54, 1.807) is 6.92 Å². The van der Waals surface area contributed by atoms with Gasteiger partial charge in [-0.2, -0.15) is 4.31 Å². The van der Waals surface area contributed by atoms with Gasteiger partial charge in [0.05, 0.1) is 15.5 Å². The van der Waals surface area contributed by atoms with Crippen molar-refractivity contribution in [2.24, 2.45) is 0 Å². The van der Waals surface area contributed by atoms with Gasteiger partial charge in [-0.05, 0) is 32.2 Å². The van der Waals surface area contributed by atoms with E-state index in [9.17, 15) is 13.2 Å². The summed E-state index contributed by atoms with van der Waals surface area (Å²) < 4.78 is 26.8. The van der Waals surface area contributed by atoms with Crippen molar-refractivity contribution in [1.82, 2.24) is 14.5 Å². The van der Waals surface area contributed by atoms with Crippen molar-refractivity contribution in [2.75, 3.05) is 39.8 Å². The van der Waals surface area contributed by atoms with Gasteiger partial charge in [0.25, 0.3) is 5.91 Å². The number of sulfonamides is 1. The van der Waals surface area contributed by atoms with E-state index in [1.807, 2.05) is 7.05 Å². The number of hydrogen-bond acceptors (Lipinski definition) is 4. The van der Waals surface area contributed by atoms with Crippen LogP contribution in [0.4, 0.5) is 0 Å². The van der Waals surface area contributed by atoms with E-state index >= 15 is 0 Å². The Morgan fingerprint density at radius 1 is 1.27 bits per heavy atom. The van der Waals surface area contributed by atoms with Crippen LogP contribution in [-0.4, -0.2) is 63.3 Å². The molecule has 0 spiro atoms. The first-order valence-corrected chi connectivity index (χ1v) is 8.94. The Kier molecular flexibility index (Phi) is 5.44. The SMILES string of the molecule is CCNC(=O)c1cc(S(=O)(=O)N2CCN(C)CC2)ccc1Cl. The Hall–Kier alpha value is -1.15. The first-order chi connectivity index (χ1) is 10.4. The zero-order valence-electron chi connectivity index (χ0n) is 12.7. The molecule has 0 bridgehead atoms. The third-order valence-electron chi connectivity index (χ3n) is 3.62. The predicted octanol–water partition coefficient (Wildman–Crippen LogP) is 1.03. The van der Waals surface area contributed by atoms with Crippen molar-refractivity contribution in [3.05, 3.63) is 28.8 Å². The number of piperazine rings is 1. The first kappa shape index (κ1) is 17.2. The minimum absolute atomic E-state index is 0.0997. The molecule has 22 heavy (non-hydrogen) atoms. The van der Waals surface area contributed by atoms with E-state index in [1.165, 1.54) is 22.5 Å². The van der Waals surface area contributed by atoms with Crippen LogP contribution in [0, 0.1) is 0 Å². The molecule has 1 amide bonds. The van der Waals surface area contributed by atoms with E-state index in [0.717, 1.165) is 0 Å². The Morgan fingerprint density at radius 2 is 1.91 bits per heavy atom. The topological polar surface area (TPSA) is 69.7 Å². The lowest BCUT2D eigenvalue weighted by molar-refractivity contribution is 0.0956. The fourth-order valence-corrected chi connectivity index (χ4v) is 3.92. The average Bonchev–Trinajstić information content (AvgIpc) is 2.48. The van der Waals surface area contributed by atoms with E-state index in [2.05, 4.69) is 10.2 Å². The largest absolute Gasteiger partial charge is 0.352 e. The highest BCUT2D eigenvalue weighted by Gasteiger charge is 2.28. The van der Waals surface area contributed by atoms with Crippen molar-refractivity contribution in [2.45, 2.75) is 11.8 Å². The number of carbonyl (C=O) groups excluding carboxylic acids is 1. The second kappa shape index (κ2) is 6.95. The number of hydrogen-bond donors (Lipinski definition) is 1. The summed E-state index contributed by atoms with van der Waals surface area (Å²) in [6.07, 6.45) is 0. The molecule has 1 fully saturated rings. The summed E-state index contributed by atoms with van der Waals surface area (Å²) in [4.78, 5) is 14.1. The minimum Gasteiger partial charge on any atom is -0.352 e. The highest BCUT2D eigenvalue weighted by molar-refractivity contribution is 7.89. The Bertz CT molecular complexity index is 655. The van der Waals surface area contributed by atoms with Gasteiger partial charge in [-0.3, -0.25) is 4.79 Å². The Labute approximate surface area is 136 Å². The second-order valence-corrected chi connectivity index (χ2v) is 7.55. The van der Waals surface area contributed by atoms with Crippen LogP contribution in [0.25, 0.3) is 0 Å². The zero-order valence-corrected chi connectivity index (χ0v) is 14.2. The lowest BCUT2D eigenvalue weighted by Crippen LogP contribution is -2.47. The number of carbonyl (C=O) groups is 1. The zero-order chi connectivity index (χ0) is 16.3. The predicted molar refractivity (Wildman–Crippen MR) is 85.7 cm³/mol. The van der Waals surface area contributed by atoms with Gasteiger partial charge in [-0.15, -0.1) is 0 Å². The first-order valence-electron chi connectivity index (χ1n) is 7.12. The van der Waals surface area contributed by atoms with E-state index < -0.39 is 10.0 Å². The summed E-state index contributed by atoms with van der Waals surface area (Å²) in [5.74, 6) is -0.372. The highest BCUT2D eigenvalue weighted by atomic mass is 35.5. The van der Waals surface area contributed by atoms with Gasteiger partial charge >= 0.3 is 0 Å². The molecule has 0 aliphatic carbocycles. The molecular formula is C14H20ClN3O3S. The third kappa shape index (κ3) is 3.60. The van der Waals surface area contributed by atoms with Gasteiger partial charge in [0.1, 0.15) is 0 Å². The van der Waals surface area contributed by atoms with Gasteiger partial charge in [0.15, 0.2) is 0 Å². The minimum atomic E-state index is -3.61. The molecule has 1 aromatic carbocycles. The quantitative estimate of drug-likeness (QED) is 0.884. The van der Waals surface area contributed by atoms with Crippen LogP contribution in [0.3, 0.4) is 0 Å². The van der Waals surface area contributed by atoms with Crippen LogP contribution in [0.15, 0.2) is 23.1 Å². The summed E-state index contributed by atoms with van der Waals surface area (Å²) in [7, 11) is -1.65. The molecule has 1 aromatic rings. The molecule has 0 atom stereocenters. The Morgan fingerprint density at radius 3 is 2.50 bits per heavy atom. The van der Waals surface area contributed by atoms with E-state index in [0.29, 0.717) is 32.7 Å². The van der Waals surface area contributed by atoms with Crippen molar-refractivity contribution in [3.8, 4) is 0 Å². The molecule has 6 nitrogen and oxygen atoms in total. The Balaban J connectivity index is 2.31. The van der Waals surface area contributed by atoms with Crippen molar-refractivity contribution in [3.63, 3.8) is 0 Å². The number of nitrogens with zero attached hydrogens (tertiary/aromatic N) is 2. The molecule has 1 saturated heterocycles. The lowest BCUT2D eigenvalue weighted by Gasteiger charge is -2.31.